The Morgan fingerprint density at radius 3 is 1.88 bits per heavy atom. The number of carbonyl (C=O) groups is 2. The molecule has 0 spiro atoms. The molecule has 0 aromatic heterocycles. The molecule has 0 amide bonds. The highest BCUT2D eigenvalue weighted by atomic mass is 32.2. The molecule has 0 atom stereocenters. The molecule has 7 nitrogen and oxygen atoms in total. The van der Waals surface area contributed by atoms with Crippen molar-refractivity contribution in [3.63, 3.8) is 0 Å². The lowest BCUT2D eigenvalue weighted by Gasteiger charge is -2.06. The summed E-state index contributed by atoms with van der Waals surface area (Å²) in [5.41, 5.74) is 0.356. The molecule has 0 aliphatic carbocycles. The van der Waals surface area contributed by atoms with Crippen LogP contribution in [0.5, 0.6) is 0 Å². The Kier molecular flexibility index (Phi) is 10.9. The molecule has 0 aliphatic rings. The standard InChI is InChI=1S/C14H22F2O7S/c1-11(2)12(17)21-9-7-5-3-4-6-8-10-22-14(18)23-24(19,20)13(15)16/h13H,1,3-10H2,2H3. The van der Waals surface area contributed by atoms with Gasteiger partial charge in [-0.1, -0.05) is 32.3 Å². The van der Waals surface area contributed by atoms with E-state index in [1.165, 1.54) is 0 Å². The first kappa shape index (κ1) is 22.3. The topological polar surface area (TPSA) is 96.0 Å². The number of halogens is 2. The third-order valence-corrected chi connectivity index (χ3v) is 3.55. The fourth-order valence-corrected chi connectivity index (χ4v) is 1.82. The van der Waals surface area contributed by atoms with Crippen molar-refractivity contribution >= 4 is 22.2 Å². The largest absolute Gasteiger partial charge is 0.524 e. The van der Waals surface area contributed by atoms with Gasteiger partial charge in [-0.3, -0.25) is 0 Å². The number of ether oxygens (including phenoxy) is 2. The third-order valence-electron chi connectivity index (χ3n) is 2.74. The highest BCUT2D eigenvalue weighted by Gasteiger charge is 2.29. The van der Waals surface area contributed by atoms with Crippen molar-refractivity contribution in [1.82, 2.24) is 0 Å². The summed E-state index contributed by atoms with van der Waals surface area (Å²) < 4.78 is 57.8. The first-order valence-corrected chi connectivity index (χ1v) is 8.85. The summed E-state index contributed by atoms with van der Waals surface area (Å²) in [7, 11) is -5.22. The van der Waals surface area contributed by atoms with E-state index in [0.29, 0.717) is 25.0 Å². The van der Waals surface area contributed by atoms with Gasteiger partial charge in [0.15, 0.2) is 0 Å². The maximum atomic E-state index is 11.9. The van der Waals surface area contributed by atoms with Gasteiger partial charge in [0, 0.05) is 5.57 Å². The molecule has 0 saturated heterocycles. The quantitative estimate of drug-likeness (QED) is 0.225. The number of esters is 1. The molecule has 0 aromatic carbocycles. The van der Waals surface area contributed by atoms with Crippen molar-refractivity contribution in [3.8, 4) is 0 Å². The van der Waals surface area contributed by atoms with E-state index in [1.54, 1.807) is 6.92 Å². The second-order valence-electron chi connectivity index (χ2n) is 4.97. The van der Waals surface area contributed by atoms with Gasteiger partial charge in [0.2, 0.25) is 0 Å². The molecular weight excluding hydrogens is 350 g/mol. The predicted molar refractivity (Wildman–Crippen MR) is 80.8 cm³/mol. The lowest BCUT2D eigenvalue weighted by atomic mass is 10.1. The van der Waals surface area contributed by atoms with E-state index in [4.69, 9.17) is 4.74 Å². The molecule has 140 valence electrons. The summed E-state index contributed by atoms with van der Waals surface area (Å²) in [5.74, 6) is -4.20. The number of hydrogen-bond donors (Lipinski definition) is 0. The first-order chi connectivity index (χ1) is 11.2. The fourth-order valence-electron chi connectivity index (χ4n) is 1.51. The predicted octanol–water partition coefficient (Wildman–Crippen LogP) is 3.15. The van der Waals surface area contributed by atoms with Crippen LogP contribution in [0, 0.1) is 0 Å². The summed E-state index contributed by atoms with van der Waals surface area (Å²) in [4.78, 5) is 21.9. The average Bonchev–Trinajstić information content (AvgIpc) is 2.48. The first-order valence-electron chi connectivity index (χ1n) is 7.37. The van der Waals surface area contributed by atoms with Gasteiger partial charge in [0.05, 0.1) is 13.2 Å². The molecule has 0 saturated carbocycles. The number of rotatable bonds is 12. The van der Waals surface area contributed by atoms with Crippen molar-refractivity contribution in [2.45, 2.75) is 51.2 Å². The third kappa shape index (κ3) is 10.9. The van der Waals surface area contributed by atoms with Crippen molar-refractivity contribution in [2.75, 3.05) is 13.2 Å². The average molecular weight is 372 g/mol. The molecule has 0 bridgehead atoms. The smallest absolute Gasteiger partial charge is 0.462 e. The summed E-state index contributed by atoms with van der Waals surface area (Å²) in [6.07, 6.45) is 2.81. The monoisotopic (exact) mass is 372 g/mol. The summed E-state index contributed by atoms with van der Waals surface area (Å²) in [5, 5.41) is 0. The second kappa shape index (κ2) is 11.8. The normalized spacial score (nSPS) is 11.2. The summed E-state index contributed by atoms with van der Waals surface area (Å²) in [6.45, 7) is 5.25. The van der Waals surface area contributed by atoms with Crippen LogP contribution in [0.1, 0.15) is 45.4 Å². The Bertz CT molecular complexity index is 517. The maximum Gasteiger partial charge on any atom is 0.524 e. The fraction of sp³-hybridized carbons (Fsp3) is 0.714. The highest BCUT2D eigenvalue weighted by Crippen LogP contribution is 2.09. The number of hydrogen-bond acceptors (Lipinski definition) is 7. The van der Waals surface area contributed by atoms with Crippen LogP contribution in [-0.2, 0) is 28.6 Å². The maximum absolute atomic E-state index is 11.9. The van der Waals surface area contributed by atoms with Crippen LogP contribution in [0.3, 0.4) is 0 Å². The number of alkyl halides is 2. The minimum Gasteiger partial charge on any atom is -0.462 e. The molecule has 0 rings (SSSR count). The Morgan fingerprint density at radius 2 is 1.42 bits per heavy atom. The Balaban J connectivity index is 3.50. The Hall–Kier alpha value is -1.71. The highest BCUT2D eigenvalue weighted by molar-refractivity contribution is 7.87. The summed E-state index contributed by atoms with van der Waals surface area (Å²) >= 11 is 0. The van der Waals surface area contributed by atoms with Gasteiger partial charge < -0.3 is 13.7 Å². The van der Waals surface area contributed by atoms with Gasteiger partial charge in [-0.25, -0.2) is 9.59 Å². The van der Waals surface area contributed by atoms with Crippen molar-refractivity contribution < 1.29 is 40.4 Å². The molecule has 0 N–H and O–H groups in total. The second-order valence-corrected chi connectivity index (χ2v) is 6.48. The Labute approximate surface area is 140 Å². The van der Waals surface area contributed by atoms with Crippen LogP contribution in [-0.4, -0.2) is 39.5 Å². The minimum atomic E-state index is -5.22. The molecule has 0 aliphatic heterocycles. The molecule has 0 aromatic rings. The van der Waals surface area contributed by atoms with Crippen LogP contribution in [0.25, 0.3) is 0 Å². The molecule has 10 heteroatoms. The van der Waals surface area contributed by atoms with E-state index >= 15 is 0 Å². The van der Waals surface area contributed by atoms with Crippen LogP contribution < -0.4 is 0 Å². The van der Waals surface area contributed by atoms with Crippen LogP contribution in [0.4, 0.5) is 13.6 Å². The van der Waals surface area contributed by atoms with Crippen LogP contribution >= 0.6 is 0 Å². The Morgan fingerprint density at radius 1 is 0.958 bits per heavy atom. The molecule has 0 fully saturated rings. The number of carbonyl (C=O) groups excluding carboxylic acids is 2. The van der Waals surface area contributed by atoms with Gasteiger partial charge >= 0.3 is 28.0 Å². The van der Waals surface area contributed by atoms with Crippen molar-refractivity contribution in [1.29, 1.82) is 0 Å². The minimum absolute atomic E-state index is 0.117. The van der Waals surface area contributed by atoms with E-state index in [2.05, 4.69) is 15.5 Å². The summed E-state index contributed by atoms with van der Waals surface area (Å²) in [6, 6.07) is 0. The van der Waals surface area contributed by atoms with Gasteiger partial charge in [0.1, 0.15) is 0 Å². The number of unbranched alkanes of at least 4 members (excludes halogenated alkanes) is 5. The van der Waals surface area contributed by atoms with E-state index < -0.39 is 28.0 Å². The molecule has 0 heterocycles. The van der Waals surface area contributed by atoms with Crippen LogP contribution in [0.15, 0.2) is 12.2 Å². The molecule has 24 heavy (non-hydrogen) atoms. The molecule has 0 radical (unpaired) electrons. The van der Waals surface area contributed by atoms with Gasteiger partial charge in [-0.05, 0) is 19.8 Å². The SMILES string of the molecule is C=C(C)C(=O)OCCCCCCCCOC(=O)OS(=O)(=O)C(F)F. The van der Waals surface area contributed by atoms with Gasteiger partial charge in [-0.2, -0.15) is 17.2 Å². The van der Waals surface area contributed by atoms with Crippen molar-refractivity contribution in [3.05, 3.63) is 12.2 Å². The lowest BCUT2D eigenvalue weighted by Crippen LogP contribution is -2.20. The molecular formula is C14H22F2O7S. The zero-order chi connectivity index (χ0) is 18.6. The van der Waals surface area contributed by atoms with E-state index in [1.807, 2.05) is 0 Å². The van der Waals surface area contributed by atoms with Crippen LogP contribution in [0.2, 0.25) is 0 Å². The van der Waals surface area contributed by atoms with E-state index in [0.717, 1.165) is 25.7 Å². The van der Waals surface area contributed by atoms with Gasteiger partial charge in [0.25, 0.3) is 0 Å². The zero-order valence-electron chi connectivity index (χ0n) is 13.5. The van der Waals surface area contributed by atoms with Crippen molar-refractivity contribution in [2.24, 2.45) is 0 Å². The molecule has 0 unspecified atom stereocenters. The zero-order valence-corrected chi connectivity index (χ0v) is 14.3. The van der Waals surface area contributed by atoms with Gasteiger partial charge in [-0.15, -0.1) is 0 Å². The van der Waals surface area contributed by atoms with E-state index in [-0.39, 0.29) is 6.61 Å². The van der Waals surface area contributed by atoms with E-state index in [9.17, 15) is 26.8 Å². The lowest BCUT2D eigenvalue weighted by molar-refractivity contribution is -0.139.